The first-order valence-electron chi connectivity index (χ1n) is 7.25. The molecule has 126 valence electrons. The van der Waals surface area contributed by atoms with Gasteiger partial charge in [-0.2, -0.15) is 0 Å². The van der Waals surface area contributed by atoms with Gasteiger partial charge in [0.2, 0.25) is 5.91 Å². The third-order valence-corrected chi connectivity index (χ3v) is 5.13. The summed E-state index contributed by atoms with van der Waals surface area (Å²) < 4.78 is 1.29. The summed E-state index contributed by atoms with van der Waals surface area (Å²) in [5.74, 6) is -0.188. The maximum absolute atomic E-state index is 12.5. The lowest BCUT2D eigenvalue weighted by atomic mass is 10.2. The maximum atomic E-state index is 12.5. The number of carbonyl (C=O) groups excluding carboxylic acids is 2. The highest BCUT2D eigenvalue weighted by atomic mass is 79.9. The molecule has 5 nitrogen and oxygen atoms in total. The predicted octanol–water partition coefficient (Wildman–Crippen LogP) is 3.68. The number of thioether (sulfide) groups is 1. The van der Waals surface area contributed by atoms with E-state index < -0.39 is 0 Å². The van der Waals surface area contributed by atoms with Crippen molar-refractivity contribution in [2.45, 2.75) is 0 Å². The molecular formula is C17H12BrN3O2S2. The Hall–Kier alpha value is -2.03. The van der Waals surface area contributed by atoms with Gasteiger partial charge in [-0.15, -0.1) is 0 Å². The summed E-state index contributed by atoms with van der Waals surface area (Å²) in [6.45, 7) is -0.142. The van der Waals surface area contributed by atoms with Crippen LogP contribution in [0.4, 0.5) is 5.82 Å². The molecule has 2 amide bonds. The molecule has 0 radical (unpaired) electrons. The Morgan fingerprint density at radius 1 is 1.32 bits per heavy atom. The van der Waals surface area contributed by atoms with Gasteiger partial charge in [-0.3, -0.25) is 14.5 Å². The van der Waals surface area contributed by atoms with E-state index in [-0.39, 0.29) is 18.4 Å². The average molecular weight is 434 g/mol. The number of pyridine rings is 1. The van der Waals surface area contributed by atoms with E-state index in [2.05, 4.69) is 26.2 Å². The van der Waals surface area contributed by atoms with E-state index in [0.29, 0.717) is 15.0 Å². The zero-order chi connectivity index (χ0) is 17.8. The number of nitrogens with zero attached hydrogens (tertiary/aromatic N) is 2. The number of hydrogen-bond donors (Lipinski definition) is 1. The number of anilines is 1. The quantitative estimate of drug-likeness (QED) is 0.588. The molecule has 3 rings (SSSR count). The number of rotatable bonds is 4. The second kappa shape index (κ2) is 7.90. The first-order chi connectivity index (χ1) is 12.0. The van der Waals surface area contributed by atoms with E-state index >= 15 is 0 Å². The van der Waals surface area contributed by atoms with Crippen molar-refractivity contribution < 1.29 is 9.59 Å². The average Bonchev–Trinajstić information content (AvgIpc) is 2.83. The van der Waals surface area contributed by atoms with Crippen molar-refractivity contribution in [2.75, 3.05) is 11.9 Å². The van der Waals surface area contributed by atoms with Crippen molar-refractivity contribution in [3.05, 3.63) is 63.6 Å². The minimum Gasteiger partial charge on any atom is -0.309 e. The molecule has 1 saturated heterocycles. The molecular weight excluding hydrogens is 422 g/mol. The predicted molar refractivity (Wildman–Crippen MR) is 107 cm³/mol. The number of halogens is 1. The van der Waals surface area contributed by atoms with Crippen LogP contribution in [0.3, 0.4) is 0 Å². The molecule has 1 aliphatic rings. The topological polar surface area (TPSA) is 62.3 Å². The number of benzene rings is 1. The van der Waals surface area contributed by atoms with Crippen LogP contribution < -0.4 is 5.32 Å². The Morgan fingerprint density at radius 2 is 2.16 bits per heavy atom. The molecule has 0 unspecified atom stereocenters. The molecule has 0 atom stereocenters. The molecule has 0 bridgehead atoms. The number of nitrogens with one attached hydrogen (secondary N) is 1. The van der Waals surface area contributed by atoms with Crippen LogP contribution >= 0.6 is 39.9 Å². The number of thiocarbonyl (C=S) groups is 1. The lowest BCUT2D eigenvalue weighted by Crippen LogP contribution is -2.36. The number of amides is 2. The van der Waals surface area contributed by atoms with Gasteiger partial charge in [-0.25, -0.2) is 4.98 Å². The third kappa shape index (κ3) is 4.53. The summed E-state index contributed by atoms with van der Waals surface area (Å²) in [6.07, 6.45) is 3.34. The first kappa shape index (κ1) is 17.8. The van der Waals surface area contributed by atoms with Gasteiger partial charge >= 0.3 is 0 Å². The van der Waals surface area contributed by atoms with Crippen molar-refractivity contribution in [3.8, 4) is 0 Å². The molecule has 0 aliphatic carbocycles. The van der Waals surface area contributed by atoms with Crippen LogP contribution in [0.1, 0.15) is 5.56 Å². The van der Waals surface area contributed by atoms with Gasteiger partial charge in [0.1, 0.15) is 16.7 Å². The highest BCUT2D eigenvalue weighted by Gasteiger charge is 2.33. The highest BCUT2D eigenvalue weighted by molar-refractivity contribution is 9.10. The molecule has 25 heavy (non-hydrogen) atoms. The van der Waals surface area contributed by atoms with E-state index in [9.17, 15) is 9.59 Å². The number of carbonyl (C=O) groups is 2. The van der Waals surface area contributed by atoms with Gasteiger partial charge in [0.25, 0.3) is 5.91 Å². The van der Waals surface area contributed by atoms with Crippen LogP contribution in [0, 0.1) is 0 Å². The highest BCUT2D eigenvalue weighted by Crippen LogP contribution is 2.32. The Kier molecular flexibility index (Phi) is 5.62. The Bertz CT molecular complexity index is 871. The van der Waals surface area contributed by atoms with Crippen LogP contribution in [0.15, 0.2) is 58.0 Å². The minimum absolute atomic E-state index is 0.142. The van der Waals surface area contributed by atoms with Gasteiger partial charge in [0, 0.05) is 10.7 Å². The lowest BCUT2D eigenvalue weighted by Gasteiger charge is -2.13. The Morgan fingerprint density at radius 3 is 2.88 bits per heavy atom. The second-order valence-corrected chi connectivity index (χ2v) is 7.68. The zero-order valence-electron chi connectivity index (χ0n) is 12.8. The molecule has 8 heteroatoms. The molecule has 1 aliphatic heterocycles. The molecule has 0 saturated carbocycles. The second-order valence-electron chi connectivity index (χ2n) is 5.09. The third-order valence-electron chi connectivity index (χ3n) is 3.25. The van der Waals surface area contributed by atoms with Gasteiger partial charge < -0.3 is 5.32 Å². The van der Waals surface area contributed by atoms with E-state index in [0.717, 1.165) is 10.0 Å². The summed E-state index contributed by atoms with van der Waals surface area (Å²) >= 11 is 9.83. The molecule has 1 N–H and O–H groups in total. The largest absolute Gasteiger partial charge is 0.309 e. The Balaban J connectivity index is 1.70. The molecule has 0 spiro atoms. The molecule has 1 aromatic carbocycles. The fourth-order valence-corrected chi connectivity index (χ4v) is 3.82. The number of aromatic nitrogens is 1. The molecule has 2 heterocycles. The van der Waals surface area contributed by atoms with Crippen LogP contribution in [0.5, 0.6) is 0 Å². The fourth-order valence-electron chi connectivity index (χ4n) is 2.15. The summed E-state index contributed by atoms with van der Waals surface area (Å²) in [7, 11) is 0. The summed E-state index contributed by atoms with van der Waals surface area (Å²) in [6, 6.07) is 12.8. The molecule has 1 aromatic heterocycles. The van der Waals surface area contributed by atoms with Crippen LogP contribution in [-0.4, -0.2) is 32.6 Å². The fraction of sp³-hybridized carbons (Fsp3) is 0.0588. The maximum Gasteiger partial charge on any atom is 0.266 e. The van der Waals surface area contributed by atoms with Crippen molar-refractivity contribution in [3.63, 3.8) is 0 Å². The van der Waals surface area contributed by atoms with E-state index in [1.165, 1.54) is 16.7 Å². The van der Waals surface area contributed by atoms with E-state index in [1.807, 2.05) is 24.3 Å². The standard InChI is InChI=1S/C17H12BrN3O2S2/c18-12-5-3-4-11(8-12)9-13-16(23)21(17(24)25-13)10-15(22)20-14-6-1-2-7-19-14/h1-9H,10H2,(H,19,20,22)/b13-9+. The SMILES string of the molecule is O=C(CN1C(=O)/C(=C\c2cccc(Br)c2)SC1=S)Nc1ccccn1. The van der Waals surface area contributed by atoms with Crippen molar-refractivity contribution in [1.29, 1.82) is 0 Å². The number of hydrogen-bond acceptors (Lipinski definition) is 5. The van der Waals surface area contributed by atoms with Crippen molar-refractivity contribution in [2.24, 2.45) is 0 Å². The molecule has 1 fully saturated rings. The summed E-state index contributed by atoms with van der Waals surface area (Å²) in [4.78, 5) is 30.5. The van der Waals surface area contributed by atoms with Gasteiger partial charge in [-0.1, -0.05) is 58.1 Å². The van der Waals surface area contributed by atoms with Crippen molar-refractivity contribution >= 4 is 67.9 Å². The normalized spacial score (nSPS) is 15.7. The van der Waals surface area contributed by atoms with Gasteiger partial charge in [0.15, 0.2) is 0 Å². The van der Waals surface area contributed by atoms with E-state index in [1.54, 1.807) is 30.5 Å². The van der Waals surface area contributed by atoms with E-state index in [4.69, 9.17) is 12.2 Å². The van der Waals surface area contributed by atoms with Gasteiger partial charge in [0.05, 0.1) is 4.91 Å². The van der Waals surface area contributed by atoms with Crippen LogP contribution in [0.25, 0.3) is 6.08 Å². The zero-order valence-corrected chi connectivity index (χ0v) is 16.0. The smallest absolute Gasteiger partial charge is 0.266 e. The Labute approximate surface area is 162 Å². The van der Waals surface area contributed by atoms with Crippen LogP contribution in [0.2, 0.25) is 0 Å². The lowest BCUT2D eigenvalue weighted by molar-refractivity contribution is -0.126. The summed E-state index contributed by atoms with van der Waals surface area (Å²) in [5.41, 5.74) is 0.882. The first-order valence-corrected chi connectivity index (χ1v) is 9.26. The van der Waals surface area contributed by atoms with Crippen molar-refractivity contribution in [1.82, 2.24) is 9.88 Å². The van der Waals surface area contributed by atoms with Crippen LogP contribution in [-0.2, 0) is 9.59 Å². The van der Waals surface area contributed by atoms with Gasteiger partial charge in [-0.05, 0) is 35.9 Å². The minimum atomic E-state index is -0.348. The molecule has 2 aromatic rings. The summed E-state index contributed by atoms with van der Waals surface area (Å²) in [5, 5.41) is 2.64. The monoisotopic (exact) mass is 433 g/mol.